The Hall–Kier alpha value is -2.30. The molecule has 0 heterocycles. The van der Waals surface area contributed by atoms with Crippen LogP contribution >= 0.6 is 27.5 Å². The molecule has 26 heavy (non-hydrogen) atoms. The van der Waals surface area contributed by atoms with E-state index >= 15 is 0 Å². The predicted octanol–water partition coefficient (Wildman–Crippen LogP) is 6.16. The van der Waals surface area contributed by atoms with E-state index in [9.17, 15) is 5.11 Å². The minimum Gasteiger partial charge on any atom is -0.506 e. The highest BCUT2D eigenvalue weighted by molar-refractivity contribution is 9.10. The number of hydrogen-bond acceptors (Lipinski definition) is 3. The Kier molecular flexibility index (Phi) is 5.96. The molecule has 0 aromatic heterocycles. The number of methoxy groups -OCH3 is 1. The zero-order chi connectivity index (χ0) is 18.5. The van der Waals surface area contributed by atoms with Crippen LogP contribution in [0.2, 0.25) is 5.02 Å². The van der Waals surface area contributed by atoms with Crippen molar-refractivity contribution in [1.29, 1.82) is 0 Å². The van der Waals surface area contributed by atoms with Crippen LogP contribution < -0.4 is 4.74 Å². The van der Waals surface area contributed by atoms with Gasteiger partial charge in [0.2, 0.25) is 0 Å². The minimum absolute atomic E-state index is 0.158. The zero-order valence-corrected chi connectivity index (χ0v) is 16.5. The van der Waals surface area contributed by atoms with Gasteiger partial charge in [-0.1, -0.05) is 29.8 Å². The van der Waals surface area contributed by atoms with Crippen molar-refractivity contribution >= 4 is 39.4 Å². The van der Waals surface area contributed by atoms with Crippen molar-refractivity contribution in [2.75, 3.05) is 7.11 Å². The molecular formula is C21H17BrClNO2. The minimum atomic E-state index is 0.158. The van der Waals surface area contributed by atoms with Crippen LogP contribution in [0.5, 0.6) is 11.5 Å². The molecule has 3 nitrogen and oxygen atoms in total. The molecule has 1 N–H and O–H groups in total. The lowest BCUT2D eigenvalue weighted by Gasteiger charge is -2.09. The van der Waals surface area contributed by atoms with Gasteiger partial charge in [-0.05, 0) is 75.9 Å². The number of ether oxygens (including phenoxy) is 1. The summed E-state index contributed by atoms with van der Waals surface area (Å²) in [5.41, 5.74) is 3.47. The van der Waals surface area contributed by atoms with E-state index in [-0.39, 0.29) is 5.75 Å². The largest absolute Gasteiger partial charge is 0.506 e. The van der Waals surface area contributed by atoms with Crippen LogP contribution in [0, 0.1) is 0 Å². The first-order valence-electron chi connectivity index (χ1n) is 7.99. The standard InChI is InChI=1S/C21H17BrClNO2/c1-26-18-8-6-17(7-9-18)24-13-16-11-14(12-19(22)21(16)25)10-15-4-2-3-5-20(15)23/h2-9,11-13,25H,10H2,1H3. The van der Waals surface area contributed by atoms with Gasteiger partial charge in [-0.25, -0.2) is 0 Å². The van der Waals surface area contributed by atoms with Crippen molar-refractivity contribution < 1.29 is 9.84 Å². The van der Waals surface area contributed by atoms with Crippen LogP contribution in [0.1, 0.15) is 16.7 Å². The van der Waals surface area contributed by atoms with Gasteiger partial charge in [0.1, 0.15) is 11.5 Å². The van der Waals surface area contributed by atoms with E-state index in [1.807, 2.05) is 60.7 Å². The van der Waals surface area contributed by atoms with Gasteiger partial charge in [0.15, 0.2) is 0 Å². The molecule has 0 spiro atoms. The van der Waals surface area contributed by atoms with Crippen molar-refractivity contribution in [3.05, 3.63) is 86.8 Å². The van der Waals surface area contributed by atoms with E-state index in [2.05, 4.69) is 20.9 Å². The Bertz CT molecular complexity index is 939. The van der Waals surface area contributed by atoms with E-state index < -0.39 is 0 Å². The van der Waals surface area contributed by atoms with Gasteiger partial charge in [0, 0.05) is 16.8 Å². The molecule has 0 amide bonds. The summed E-state index contributed by atoms with van der Waals surface area (Å²) < 4.78 is 5.76. The van der Waals surface area contributed by atoms with Crippen LogP contribution in [-0.2, 0) is 6.42 Å². The molecule has 0 unspecified atom stereocenters. The molecule has 0 fully saturated rings. The molecule has 3 aromatic rings. The third-order valence-corrected chi connectivity index (χ3v) is 4.90. The second-order valence-electron chi connectivity index (χ2n) is 5.74. The summed E-state index contributed by atoms with van der Waals surface area (Å²) in [5, 5.41) is 11.0. The highest BCUT2D eigenvalue weighted by Crippen LogP contribution is 2.31. The van der Waals surface area contributed by atoms with Gasteiger partial charge in [-0.2, -0.15) is 0 Å². The van der Waals surface area contributed by atoms with E-state index in [4.69, 9.17) is 16.3 Å². The molecule has 0 aliphatic heterocycles. The van der Waals surface area contributed by atoms with E-state index in [1.165, 1.54) is 0 Å². The average Bonchev–Trinajstić information content (AvgIpc) is 2.65. The van der Waals surface area contributed by atoms with Crippen molar-refractivity contribution in [2.45, 2.75) is 6.42 Å². The topological polar surface area (TPSA) is 41.8 Å². The van der Waals surface area contributed by atoms with Gasteiger partial charge >= 0.3 is 0 Å². The van der Waals surface area contributed by atoms with Crippen LogP contribution in [0.3, 0.4) is 0 Å². The predicted molar refractivity (Wildman–Crippen MR) is 110 cm³/mol. The smallest absolute Gasteiger partial charge is 0.138 e. The van der Waals surface area contributed by atoms with Crippen LogP contribution in [-0.4, -0.2) is 18.4 Å². The number of halogens is 2. The van der Waals surface area contributed by atoms with Crippen LogP contribution in [0.25, 0.3) is 0 Å². The Morgan fingerprint density at radius 1 is 1.12 bits per heavy atom. The zero-order valence-electron chi connectivity index (χ0n) is 14.1. The Balaban J connectivity index is 1.87. The molecule has 0 saturated carbocycles. The number of aliphatic imine (C=N–C) groups is 1. The maximum atomic E-state index is 10.3. The third kappa shape index (κ3) is 4.45. The number of aromatic hydroxyl groups is 1. The lowest BCUT2D eigenvalue weighted by molar-refractivity contribution is 0.415. The quantitative estimate of drug-likeness (QED) is 0.493. The van der Waals surface area contributed by atoms with Crippen molar-refractivity contribution in [3.8, 4) is 11.5 Å². The number of phenols is 1. The van der Waals surface area contributed by atoms with Crippen molar-refractivity contribution in [1.82, 2.24) is 0 Å². The van der Waals surface area contributed by atoms with Gasteiger partial charge < -0.3 is 9.84 Å². The molecule has 5 heteroatoms. The van der Waals surface area contributed by atoms with Crippen LogP contribution in [0.4, 0.5) is 5.69 Å². The number of benzene rings is 3. The van der Waals surface area contributed by atoms with E-state index in [1.54, 1.807) is 13.3 Å². The maximum Gasteiger partial charge on any atom is 0.138 e. The summed E-state index contributed by atoms with van der Waals surface area (Å²) in [6.45, 7) is 0. The SMILES string of the molecule is COc1ccc(N=Cc2cc(Cc3ccccc3Cl)cc(Br)c2O)cc1. The monoisotopic (exact) mass is 429 g/mol. The second-order valence-corrected chi connectivity index (χ2v) is 7.00. The molecule has 3 aromatic carbocycles. The summed E-state index contributed by atoms with van der Waals surface area (Å²) in [7, 11) is 1.62. The first-order valence-corrected chi connectivity index (χ1v) is 9.17. The lowest BCUT2D eigenvalue weighted by atomic mass is 10.0. The fourth-order valence-corrected chi connectivity index (χ4v) is 3.28. The van der Waals surface area contributed by atoms with Gasteiger partial charge in [0.25, 0.3) is 0 Å². The Labute approximate surface area is 166 Å². The van der Waals surface area contributed by atoms with Gasteiger partial charge in [-0.15, -0.1) is 0 Å². The average molecular weight is 431 g/mol. The number of rotatable bonds is 5. The normalized spacial score (nSPS) is 11.0. The number of nitrogens with zero attached hydrogens (tertiary/aromatic N) is 1. The number of phenolic OH excluding ortho intramolecular Hbond substituents is 1. The summed E-state index contributed by atoms with van der Waals surface area (Å²) in [4.78, 5) is 4.43. The van der Waals surface area contributed by atoms with Gasteiger partial charge in [0.05, 0.1) is 17.3 Å². The highest BCUT2D eigenvalue weighted by atomic mass is 79.9. The summed E-state index contributed by atoms with van der Waals surface area (Å²) in [6, 6.07) is 18.9. The van der Waals surface area contributed by atoms with E-state index in [0.29, 0.717) is 16.5 Å². The van der Waals surface area contributed by atoms with E-state index in [0.717, 1.165) is 27.6 Å². The fourth-order valence-electron chi connectivity index (χ4n) is 2.55. The first kappa shape index (κ1) is 18.5. The van der Waals surface area contributed by atoms with Crippen LogP contribution in [0.15, 0.2) is 70.1 Å². The highest BCUT2D eigenvalue weighted by Gasteiger charge is 2.09. The Morgan fingerprint density at radius 3 is 2.54 bits per heavy atom. The van der Waals surface area contributed by atoms with Crippen molar-refractivity contribution in [2.24, 2.45) is 4.99 Å². The summed E-state index contributed by atoms with van der Waals surface area (Å²) in [5.74, 6) is 0.932. The molecule has 0 radical (unpaired) electrons. The number of hydrogen-bond donors (Lipinski definition) is 1. The molecule has 3 rings (SSSR count). The second kappa shape index (κ2) is 8.39. The molecule has 0 aliphatic carbocycles. The molecular weight excluding hydrogens is 414 g/mol. The molecule has 132 valence electrons. The molecule has 0 atom stereocenters. The fraction of sp³-hybridized carbons (Fsp3) is 0.0952. The summed E-state index contributed by atoms with van der Waals surface area (Å²) >= 11 is 9.67. The Morgan fingerprint density at radius 2 is 1.85 bits per heavy atom. The van der Waals surface area contributed by atoms with Gasteiger partial charge in [-0.3, -0.25) is 4.99 Å². The first-order chi connectivity index (χ1) is 12.6. The summed E-state index contributed by atoms with van der Waals surface area (Å²) in [6.07, 6.45) is 2.32. The third-order valence-electron chi connectivity index (χ3n) is 3.93. The molecule has 0 bridgehead atoms. The molecule has 0 saturated heterocycles. The van der Waals surface area contributed by atoms with Crippen molar-refractivity contribution in [3.63, 3.8) is 0 Å². The molecule has 0 aliphatic rings. The maximum absolute atomic E-state index is 10.3. The lowest BCUT2D eigenvalue weighted by Crippen LogP contribution is -1.93.